The predicted molar refractivity (Wildman–Crippen MR) is 64.5 cm³/mol. The zero-order chi connectivity index (χ0) is 11.7. The molecular formula is C10H14ClNO2S. The van der Waals surface area contributed by atoms with Gasteiger partial charge in [0, 0.05) is 24.1 Å². The van der Waals surface area contributed by atoms with Gasteiger partial charge < -0.3 is 10.8 Å². The Bertz CT molecular complexity index is 303. The topological polar surface area (TPSA) is 63.3 Å². The maximum absolute atomic E-state index is 9.00. The predicted octanol–water partition coefficient (Wildman–Crippen LogP) is 2.48. The van der Waals surface area contributed by atoms with Gasteiger partial charge in [-0.3, -0.25) is 4.79 Å². The number of halogens is 1. The number of aliphatic carboxylic acids is 1. The van der Waals surface area contributed by atoms with Crippen molar-refractivity contribution in [3.63, 3.8) is 0 Å². The average molecular weight is 248 g/mol. The summed E-state index contributed by atoms with van der Waals surface area (Å²) in [5.41, 5.74) is 5.36. The first kappa shape index (κ1) is 14.3. The van der Waals surface area contributed by atoms with Gasteiger partial charge >= 0.3 is 0 Å². The summed E-state index contributed by atoms with van der Waals surface area (Å²) in [5.74, 6) is 0.0870. The maximum atomic E-state index is 9.00. The highest BCUT2D eigenvalue weighted by Crippen LogP contribution is 2.25. The van der Waals surface area contributed by atoms with Crippen LogP contribution < -0.4 is 5.73 Å². The van der Waals surface area contributed by atoms with Gasteiger partial charge in [-0.15, -0.1) is 11.8 Å². The standard InChI is InChI=1S/C8H10ClNS.C2H4O2/c9-7-3-1-2-4-8(7)11-6-5-10;1-2(3)4/h1-4H,5-6,10H2;1H3,(H,3,4). The third-order valence-corrected chi connectivity index (χ3v) is 2.76. The van der Waals surface area contributed by atoms with Crippen LogP contribution in [0.2, 0.25) is 5.02 Å². The molecule has 0 atom stereocenters. The van der Waals surface area contributed by atoms with Crippen LogP contribution in [0.5, 0.6) is 0 Å². The molecule has 0 heterocycles. The number of rotatable bonds is 3. The fourth-order valence-electron chi connectivity index (χ4n) is 0.731. The van der Waals surface area contributed by atoms with Crippen LogP contribution in [0, 0.1) is 0 Å². The lowest BCUT2D eigenvalue weighted by Gasteiger charge is -2.00. The third kappa shape index (κ3) is 8.30. The van der Waals surface area contributed by atoms with Crippen molar-refractivity contribution >= 4 is 29.3 Å². The van der Waals surface area contributed by atoms with Crippen molar-refractivity contribution in [1.29, 1.82) is 0 Å². The SMILES string of the molecule is CC(=O)O.NCCSc1ccccc1Cl. The smallest absolute Gasteiger partial charge is 0.300 e. The number of hydrogen-bond acceptors (Lipinski definition) is 3. The maximum Gasteiger partial charge on any atom is 0.300 e. The molecule has 0 unspecified atom stereocenters. The highest BCUT2D eigenvalue weighted by atomic mass is 35.5. The molecule has 3 N–H and O–H groups in total. The van der Waals surface area contributed by atoms with Crippen molar-refractivity contribution in [2.24, 2.45) is 5.73 Å². The van der Waals surface area contributed by atoms with Crippen LogP contribution in [0.4, 0.5) is 0 Å². The lowest BCUT2D eigenvalue weighted by Crippen LogP contribution is -2.00. The Morgan fingerprint density at radius 1 is 1.53 bits per heavy atom. The van der Waals surface area contributed by atoms with Gasteiger partial charge in [0.15, 0.2) is 0 Å². The minimum Gasteiger partial charge on any atom is -0.481 e. The molecule has 0 aromatic heterocycles. The highest BCUT2D eigenvalue weighted by Gasteiger charge is 1.96. The fourth-order valence-corrected chi connectivity index (χ4v) is 1.75. The van der Waals surface area contributed by atoms with Crippen molar-refractivity contribution in [2.45, 2.75) is 11.8 Å². The molecular weight excluding hydrogens is 234 g/mol. The highest BCUT2D eigenvalue weighted by molar-refractivity contribution is 7.99. The molecule has 1 aromatic rings. The zero-order valence-corrected chi connectivity index (χ0v) is 10.0. The van der Waals surface area contributed by atoms with Crippen molar-refractivity contribution in [3.05, 3.63) is 29.3 Å². The number of carboxylic acids is 1. The largest absolute Gasteiger partial charge is 0.481 e. The number of carbonyl (C=O) groups is 1. The first-order chi connectivity index (χ1) is 7.07. The molecule has 1 aromatic carbocycles. The lowest BCUT2D eigenvalue weighted by molar-refractivity contribution is -0.134. The first-order valence-corrected chi connectivity index (χ1v) is 5.71. The number of thioether (sulfide) groups is 1. The molecule has 0 fully saturated rings. The molecule has 0 aliphatic rings. The monoisotopic (exact) mass is 247 g/mol. The minimum atomic E-state index is -0.833. The molecule has 3 nitrogen and oxygen atoms in total. The molecule has 0 radical (unpaired) electrons. The van der Waals surface area contributed by atoms with Crippen LogP contribution in [-0.2, 0) is 4.79 Å². The van der Waals surface area contributed by atoms with Crippen LogP contribution in [0.3, 0.4) is 0 Å². The second kappa shape index (κ2) is 8.59. The Morgan fingerprint density at radius 2 is 2.07 bits per heavy atom. The van der Waals surface area contributed by atoms with Gasteiger partial charge in [-0.2, -0.15) is 0 Å². The van der Waals surface area contributed by atoms with Crippen molar-refractivity contribution in [1.82, 2.24) is 0 Å². The second-order valence-electron chi connectivity index (χ2n) is 2.59. The molecule has 0 saturated heterocycles. The van der Waals surface area contributed by atoms with Crippen LogP contribution in [0.25, 0.3) is 0 Å². The molecule has 0 bridgehead atoms. The van der Waals surface area contributed by atoms with Gasteiger partial charge in [0.1, 0.15) is 0 Å². The molecule has 0 aliphatic heterocycles. The Morgan fingerprint density at radius 3 is 2.53 bits per heavy atom. The number of carboxylic acid groups (broad SMARTS) is 1. The first-order valence-electron chi connectivity index (χ1n) is 4.35. The number of benzene rings is 1. The van der Waals surface area contributed by atoms with E-state index >= 15 is 0 Å². The molecule has 0 aliphatic carbocycles. The van der Waals surface area contributed by atoms with E-state index in [1.54, 1.807) is 11.8 Å². The molecule has 0 amide bonds. The minimum absolute atomic E-state index is 0.690. The van der Waals surface area contributed by atoms with Gasteiger partial charge in [0.05, 0.1) is 5.02 Å². The molecule has 84 valence electrons. The van der Waals surface area contributed by atoms with E-state index in [-0.39, 0.29) is 0 Å². The van der Waals surface area contributed by atoms with Crippen LogP contribution in [0.1, 0.15) is 6.92 Å². The third-order valence-electron chi connectivity index (χ3n) is 1.21. The van der Waals surface area contributed by atoms with Crippen LogP contribution >= 0.6 is 23.4 Å². The summed E-state index contributed by atoms with van der Waals surface area (Å²) in [5, 5.41) is 8.23. The van der Waals surface area contributed by atoms with E-state index in [2.05, 4.69) is 0 Å². The molecule has 15 heavy (non-hydrogen) atoms. The van der Waals surface area contributed by atoms with E-state index < -0.39 is 5.97 Å². The van der Waals surface area contributed by atoms with Gasteiger partial charge in [-0.25, -0.2) is 0 Å². The Labute approximate surface area is 98.6 Å². The Balaban J connectivity index is 0.000000423. The normalized spacial score (nSPS) is 9.00. The fraction of sp³-hybridized carbons (Fsp3) is 0.300. The molecule has 5 heteroatoms. The van der Waals surface area contributed by atoms with E-state index in [4.69, 9.17) is 27.2 Å². The van der Waals surface area contributed by atoms with E-state index in [1.165, 1.54) is 0 Å². The summed E-state index contributed by atoms with van der Waals surface area (Å²) in [6.45, 7) is 1.77. The van der Waals surface area contributed by atoms with Gasteiger partial charge in [-0.1, -0.05) is 23.7 Å². The number of hydrogen-bond donors (Lipinski definition) is 2. The Kier molecular flexibility index (Phi) is 8.18. The van der Waals surface area contributed by atoms with Gasteiger partial charge in [0.2, 0.25) is 0 Å². The number of nitrogens with two attached hydrogens (primary N) is 1. The van der Waals surface area contributed by atoms with Gasteiger partial charge in [-0.05, 0) is 12.1 Å². The summed E-state index contributed by atoms with van der Waals surface area (Å²) in [4.78, 5) is 10.1. The lowest BCUT2D eigenvalue weighted by atomic mass is 10.4. The molecule has 1 rings (SSSR count). The van der Waals surface area contributed by atoms with Gasteiger partial charge in [0.25, 0.3) is 5.97 Å². The van der Waals surface area contributed by atoms with Crippen molar-refractivity contribution < 1.29 is 9.90 Å². The summed E-state index contributed by atoms with van der Waals surface area (Å²) in [6, 6.07) is 7.79. The quantitative estimate of drug-likeness (QED) is 0.806. The van der Waals surface area contributed by atoms with E-state index in [0.29, 0.717) is 6.54 Å². The summed E-state index contributed by atoms with van der Waals surface area (Å²) in [7, 11) is 0. The van der Waals surface area contributed by atoms with Crippen molar-refractivity contribution in [2.75, 3.05) is 12.3 Å². The summed E-state index contributed by atoms with van der Waals surface area (Å²) >= 11 is 7.59. The summed E-state index contributed by atoms with van der Waals surface area (Å²) < 4.78 is 0. The van der Waals surface area contributed by atoms with E-state index in [0.717, 1.165) is 22.6 Å². The molecule has 0 saturated carbocycles. The Hall–Kier alpha value is -0.710. The van der Waals surface area contributed by atoms with E-state index in [1.807, 2.05) is 24.3 Å². The van der Waals surface area contributed by atoms with Crippen LogP contribution in [0.15, 0.2) is 29.2 Å². The summed E-state index contributed by atoms with van der Waals surface area (Å²) in [6.07, 6.45) is 0. The average Bonchev–Trinajstić information content (AvgIpc) is 2.16. The van der Waals surface area contributed by atoms with Crippen LogP contribution in [-0.4, -0.2) is 23.4 Å². The molecule has 0 spiro atoms. The second-order valence-corrected chi connectivity index (χ2v) is 4.13. The zero-order valence-electron chi connectivity index (χ0n) is 8.44. The van der Waals surface area contributed by atoms with E-state index in [9.17, 15) is 0 Å². The van der Waals surface area contributed by atoms with Crippen molar-refractivity contribution in [3.8, 4) is 0 Å².